The number of benzene rings is 1. The molecule has 0 aliphatic carbocycles. The fourth-order valence-corrected chi connectivity index (χ4v) is 4.02. The van der Waals surface area contributed by atoms with Gasteiger partial charge in [0.2, 0.25) is 0 Å². The molecule has 1 fully saturated rings. The maximum absolute atomic E-state index is 12.9. The number of rotatable bonds is 3. The van der Waals surface area contributed by atoms with Crippen LogP contribution in [0, 0.1) is 13.8 Å². The number of hydrogen-bond acceptors (Lipinski definition) is 5. The van der Waals surface area contributed by atoms with E-state index in [1.54, 1.807) is 11.3 Å². The smallest absolute Gasteiger partial charge is 0.254 e. The standard InChI is InChI=1S/C20H22N4OS/c1-14-15(2)22-19-12-16(5-6-18(19)21-14)20(25)24-9-7-23(8-10-24)13-17-4-3-11-26-17/h3-6,11-12H,7-10,13H2,1-2H3. The van der Waals surface area contributed by atoms with Gasteiger partial charge in [0.25, 0.3) is 5.91 Å². The summed E-state index contributed by atoms with van der Waals surface area (Å²) in [5.41, 5.74) is 4.16. The molecular weight excluding hydrogens is 344 g/mol. The Hall–Kier alpha value is -2.31. The Kier molecular flexibility index (Phi) is 4.70. The lowest BCUT2D eigenvalue weighted by Gasteiger charge is -2.34. The van der Waals surface area contributed by atoms with E-state index in [9.17, 15) is 4.79 Å². The van der Waals surface area contributed by atoms with Gasteiger partial charge in [-0.15, -0.1) is 11.3 Å². The summed E-state index contributed by atoms with van der Waals surface area (Å²) in [7, 11) is 0. The molecule has 1 aromatic carbocycles. The van der Waals surface area contributed by atoms with Crippen LogP contribution in [0.4, 0.5) is 0 Å². The van der Waals surface area contributed by atoms with Gasteiger partial charge in [0.15, 0.2) is 0 Å². The van der Waals surface area contributed by atoms with Crippen molar-refractivity contribution >= 4 is 28.3 Å². The first-order valence-corrected chi connectivity index (χ1v) is 9.77. The summed E-state index contributed by atoms with van der Waals surface area (Å²) in [6, 6.07) is 9.89. The van der Waals surface area contributed by atoms with Crippen LogP contribution in [0.5, 0.6) is 0 Å². The van der Waals surface area contributed by atoms with Crippen molar-refractivity contribution < 1.29 is 4.79 Å². The second-order valence-corrected chi connectivity index (χ2v) is 7.78. The summed E-state index contributed by atoms with van der Waals surface area (Å²) < 4.78 is 0. The maximum atomic E-state index is 12.9. The van der Waals surface area contributed by atoms with Crippen LogP contribution in [0.25, 0.3) is 11.0 Å². The van der Waals surface area contributed by atoms with Crippen LogP contribution in [0.2, 0.25) is 0 Å². The van der Waals surface area contributed by atoms with Crippen LogP contribution in [-0.4, -0.2) is 51.9 Å². The van der Waals surface area contributed by atoms with Gasteiger partial charge in [0.1, 0.15) is 0 Å². The lowest BCUT2D eigenvalue weighted by Crippen LogP contribution is -2.48. The average Bonchev–Trinajstić information content (AvgIpc) is 3.15. The van der Waals surface area contributed by atoms with Gasteiger partial charge < -0.3 is 4.90 Å². The van der Waals surface area contributed by atoms with Crippen molar-refractivity contribution in [1.82, 2.24) is 19.8 Å². The molecule has 0 N–H and O–H groups in total. The maximum Gasteiger partial charge on any atom is 0.254 e. The first kappa shape index (κ1) is 17.1. The minimum Gasteiger partial charge on any atom is -0.336 e. The molecule has 0 radical (unpaired) electrons. The summed E-state index contributed by atoms with van der Waals surface area (Å²) in [6.07, 6.45) is 0. The highest BCUT2D eigenvalue weighted by Gasteiger charge is 2.22. The molecule has 0 unspecified atom stereocenters. The van der Waals surface area contributed by atoms with Crippen molar-refractivity contribution in [1.29, 1.82) is 0 Å². The number of hydrogen-bond donors (Lipinski definition) is 0. The highest BCUT2D eigenvalue weighted by molar-refractivity contribution is 7.09. The minimum atomic E-state index is 0.0858. The molecule has 2 aromatic heterocycles. The molecule has 0 spiro atoms. The molecule has 1 amide bonds. The predicted molar refractivity (Wildman–Crippen MR) is 105 cm³/mol. The van der Waals surface area contributed by atoms with Gasteiger partial charge >= 0.3 is 0 Å². The summed E-state index contributed by atoms with van der Waals surface area (Å²) in [5, 5.41) is 2.11. The molecule has 134 valence electrons. The third-order valence-corrected chi connectivity index (χ3v) is 5.80. The van der Waals surface area contributed by atoms with E-state index < -0.39 is 0 Å². The molecule has 0 atom stereocenters. The summed E-state index contributed by atoms with van der Waals surface area (Å²) in [6.45, 7) is 8.23. The quantitative estimate of drug-likeness (QED) is 0.714. The van der Waals surface area contributed by atoms with Crippen LogP contribution < -0.4 is 0 Å². The van der Waals surface area contributed by atoms with Gasteiger partial charge in [-0.25, -0.2) is 9.97 Å². The highest BCUT2D eigenvalue weighted by atomic mass is 32.1. The highest BCUT2D eigenvalue weighted by Crippen LogP contribution is 2.18. The number of aromatic nitrogens is 2. The molecule has 26 heavy (non-hydrogen) atoms. The number of carbonyl (C=O) groups excluding carboxylic acids is 1. The zero-order chi connectivity index (χ0) is 18.1. The normalized spacial score (nSPS) is 15.5. The van der Waals surface area contributed by atoms with E-state index in [0.717, 1.165) is 55.1 Å². The van der Waals surface area contributed by atoms with Crippen LogP contribution >= 0.6 is 11.3 Å². The van der Waals surface area contributed by atoms with Gasteiger partial charge in [0, 0.05) is 43.2 Å². The Morgan fingerprint density at radius 3 is 2.46 bits per heavy atom. The topological polar surface area (TPSA) is 49.3 Å². The van der Waals surface area contributed by atoms with Crippen molar-refractivity contribution in [2.45, 2.75) is 20.4 Å². The summed E-state index contributed by atoms with van der Waals surface area (Å²) in [4.78, 5) is 27.7. The SMILES string of the molecule is Cc1nc2ccc(C(=O)N3CCN(Cc4cccs4)CC3)cc2nc1C. The second kappa shape index (κ2) is 7.13. The number of amides is 1. The number of carbonyl (C=O) groups is 1. The molecule has 0 saturated carbocycles. The molecular formula is C20H22N4OS. The van der Waals surface area contributed by atoms with Crippen molar-refractivity contribution in [3.05, 3.63) is 57.5 Å². The van der Waals surface area contributed by atoms with Gasteiger partial charge in [-0.1, -0.05) is 6.07 Å². The van der Waals surface area contributed by atoms with Crippen molar-refractivity contribution in [3.63, 3.8) is 0 Å². The van der Waals surface area contributed by atoms with E-state index in [1.807, 2.05) is 36.9 Å². The molecule has 5 nitrogen and oxygen atoms in total. The molecule has 3 heterocycles. The Morgan fingerprint density at radius 1 is 1.04 bits per heavy atom. The van der Waals surface area contributed by atoms with Crippen LogP contribution in [0.3, 0.4) is 0 Å². The third kappa shape index (κ3) is 3.48. The first-order valence-electron chi connectivity index (χ1n) is 8.89. The van der Waals surface area contributed by atoms with Crippen molar-refractivity contribution in [2.24, 2.45) is 0 Å². The zero-order valence-corrected chi connectivity index (χ0v) is 15.9. The van der Waals surface area contributed by atoms with Gasteiger partial charge in [-0.05, 0) is 43.5 Å². The third-order valence-electron chi connectivity index (χ3n) is 4.94. The minimum absolute atomic E-state index is 0.0858. The number of thiophene rings is 1. The number of aryl methyl sites for hydroxylation is 2. The van der Waals surface area contributed by atoms with E-state index in [0.29, 0.717) is 5.56 Å². The predicted octanol–water partition coefficient (Wildman–Crippen LogP) is 3.27. The lowest BCUT2D eigenvalue weighted by atomic mass is 10.1. The molecule has 4 rings (SSSR count). The average molecular weight is 366 g/mol. The Balaban J connectivity index is 1.44. The molecule has 6 heteroatoms. The van der Waals surface area contributed by atoms with Gasteiger partial charge in [-0.3, -0.25) is 9.69 Å². The van der Waals surface area contributed by atoms with Crippen LogP contribution in [-0.2, 0) is 6.54 Å². The second-order valence-electron chi connectivity index (χ2n) is 6.75. The largest absolute Gasteiger partial charge is 0.336 e. The monoisotopic (exact) mass is 366 g/mol. The van der Waals surface area contributed by atoms with E-state index >= 15 is 0 Å². The van der Waals surface area contributed by atoms with E-state index in [2.05, 4.69) is 32.4 Å². The van der Waals surface area contributed by atoms with E-state index in [1.165, 1.54) is 4.88 Å². The first-order chi connectivity index (χ1) is 12.6. The number of piperazine rings is 1. The fourth-order valence-electron chi connectivity index (χ4n) is 3.28. The Bertz CT molecular complexity index is 930. The lowest BCUT2D eigenvalue weighted by molar-refractivity contribution is 0.0630. The fraction of sp³-hybridized carbons (Fsp3) is 0.350. The van der Waals surface area contributed by atoms with Crippen LogP contribution in [0.1, 0.15) is 26.6 Å². The molecule has 3 aromatic rings. The van der Waals surface area contributed by atoms with Crippen molar-refractivity contribution in [2.75, 3.05) is 26.2 Å². The van der Waals surface area contributed by atoms with Crippen LogP contribution in [0.15, 0.2) is 35.7 Å². The Labute approximate surface area is 157 Å². The Morgan fingerprint density at radius 2 is 1.77 bits per heavy atom. The summed E-state index contributed by atoms with van der Waals surface area (Å²) in [5.74, 6) is 0.0858. The number of fused-ring (bicyclic) bond motifs is 1. The van der Waals surface area contributed by atoms with E-state index in [4.69, 9.17) is 0 Å². The number of nitrogens with zero attached hydrogens (tertiary/aromatic N) is 4. The van der Waals surface area contributed by atoms with Crippen molar-refractivity contribution in [3.8, 4) is 0 Å². The molecule has 1 aliphatic heterocycles. The molecule has 0 bridgehead atoms. The molecule has 1 saturated heterocycles. The van der Waals surface area contributed by atoms with Gasteiger partial charge in [-0.2, -0.15) is 0 Å². The van der Waals surface area contributed by atoms with Gasteiger partial charge in [0.05, 0.1) is 22.4 Å². The van der Waals surface area contributed by atoms with E-state index in [-0.39, 0.29) is 5.91 Å². The summed E-state index contributed by atoms with van der Waals surface area (Å²) >= 11 is 1.79. The zero-order valence-electron chi connectivity index (χ0n) is 15.1. The molecule has 1 aliphatic rings.